The van der Waals surface area contributed by atoms with Gasteiger partial charge in [-0.1, -0.05) is 60.7 Å². The molecule has 0 bridgehead atoms. The minimum atomic E-state index is -0.976. The van der Waals surface area contributed by atoms with E-state index in [-0.39, 0.29) is 13.1 Å². The van der Waals surface area contributed by atoms with Crippen molar-refractivity contribution in [2.75, 3.05) is 13.1 Å². The van der Waals surface area contributed by atoms with Crippen LogP contribution in [-0.2, 0) is 22.3 Å². The van der Waals surface area contributed by atoms with Crippen LogP contribution in [0, 0.1) is 0 Å². The van der Waals surface area contributed by atoms with Gasteiger partial charge in [-0.05, 0) is 65.5 Å². The Hall–Kier alpha value is -3.14. The zero-order chi connectivity index (χ0) is 29.1. The molecule has 0 fully saturated rings. The number of carbonyl (C=O) groups excluding carboxylic acids is 2. The summed E-state index contributed by atoms with van der Waals surface area (Å²) in [5, 5.41) is 30.6. The number of amides is 2. The van der Waals surface area contributed by atoms with Gasteiger partial charge in [0.25, 0.3) is 0 Å². The molecule has 0 radical (unpaired) electrons. The smallest absolute Gasteiger partial charge is 0.407 e. The van der Waals surface area contributed by atoms with E-state index in [1.165, 1.54) is 0 Å². The van der Waals surface area contributed by atoms with Gasteiger partial charge in [0.1, 0.15) is 11.2 Å². The van der Waals surface area contributed by atoms with Crippen LogP contribution >= 0.6 is 0 Å². The lowest BCUT2D eigenvalue weighted by molar-refractivity contribution is 0.0399. The SMILES string of the molecule is CC(C)(C)OC(=O)N[C@@H](Cc1ccccc1)[C@@H](O)CNCC(O)[C@@H](Cc1ccccc1)NC(=O)OC(C)(C)C. The maximum absolute atomic E-state index is 12.5. The minimum Gasteiger partial charge on any atom is -0.444 e. The number of hydrogen-bond acceptors (Lipinski definition) is 7. The van der Waals surface area contributed by atoms with Crippen LogP contribution in [0.3, 0.4) is 0 Å². The number of carbonyl (C=O) groups is 2. The number of aliphatic hydroxyl groups is 2. The van der Waals surface area contributed by atoms with E-state index in [0.717, 1.165) is 11.1 Å². The van der Waals surface area contributed by atoms with Gasteiger partial charge in [0.2, 0.25) is 0 Å². The number of nitrogens with one attached hydrogen (secondary N) is 3. The second kappa shape index (κ2) is 14.9. The van der Waals surface area contributed by atoms with Crippen molar-refractivity contribution in [1.82, 2.24) is 16.0 Å². The number of alkyl carbamates (subject to hydrolysis) is 2. The molecule has 0 aliphatic rings. The summed E-state index contributed by atoms with van der Waals surface area (Å²) < 4.78 is 10.8. The zero-order valence-electron chi connectivity index (χ0n) is 23.9. The van der Waals surface area contributed by atoms with Crippen molar-refractivity contribution in [2.24, 2.45) is 0 Å². The molecule has 2 aromatic rings. The summed E-state index contributed by atoms with van der Waals surface area (Å²) in [4.78, 5) is 24.9. The van der Waals surface area contributed by atoms with Gasteiger partial charge >= 0.3 is 12.2 Å². The van der Waals surface area contributed by atoms with Gasteiger partial charge in [-0.3, -0.25) is 0 Å². The molecule has 9 heteroatoms. The topological polar surface area (TPSA) is 129 Å². The summed E-state index contributed by atoms with van der Waals surface area (Å²) in [7, 11) is 0. The molecule has 0 saturated heterocycles. The molecular formula is C30H45N3O6. The Morgan fingerprint density at radius 2 is 1.00 bits per heavy atom. The van der Waals surface area contributed by atoms with E-state index in [2.05, 4.69) is 16.0 Å². The number of rotatable bonds is 12. The molecule has 0 aromatic heterocycles. The normalized spacial score (nSPS) is 15.0. The van der Waals surface area contributed by atoms with E-state index < -0.39 is 47.7 Å². The van der Waals surface area contributed by atoms with Gasteiger partial charge in [-0.2, -0.15) is 0 Å². The number of aliphatic hydroxyl groups excluding tert-OH is 2. The van der Waals surface area contributed by atoms with Crippen LogP contribution < -0.4 is 16.0 Å². The van der Waals surface area contributed by atoms with Crippen LogP contribution in [0.4, 0.5) is 9.59 Å². The molecular weight excluding hydrogens is 498 g/mol. The van der Waals surface area contributed by atoms with Crippen molar-refractivity contribution < 1.29 is 29.3 Å². The zero-order valence-corrected chi connectivity index (χ0v) is 23.9. The fourth-order valence-corrected chi connectivity index (χ4v) is 3.88. The first kappa shape index (κ1) is 32.1. The van der Waals surface area contributed by atoms with Crippen LogP contribution in [0.1, 0.15) is 52.7 Å². The average molecular weight is 544 g/mol. The maximum atomic E-state index is 12.5. The van der Waals surface area contributed by atoms with E-state index >= 15 is 0 Å². The first-order valence-corrected chi connectivity index (χ1v) is 13.4. The Balaban J connectivity index is 2.03. The molecule has 0 saturated carbocycles. The quantitative estimate of drug-likeness (QED) is 0.277. The summed E-state index contributed by atoms with van der Waals surface area (Å²) in [6.07, 6.45) is -2.41. The van der Waals surface area contributed by atoms with E-state index in [9.17, 15) is 19.8 Å². The molecule has 2 amide bonds. The summed E-state index contributed by atoms with van der Waals surface area (Å²) in [6.45, 7) is 10.8. The van der Waals surface area contributed by atoms with Crippen LogP contribution in [0.25, 0.3) is 0 Å². The van der Waals surface area contributed by atoms with Crippen molar-refractivity contribution >= 4 is 12.2 Å². The van der Waals surface area contributed by atoms with Crippen LogP contribution in [-0.4, -0.2) is 71.0 Å². The first-order chi connectivity index (χ1) is 18.2. The Morgan fingerprint density at radius 1 is 0.667 bits per heavy atom. The Morgan fingerprint density at radius 3 is 1.31 bits per heavy atom. The molecule has 0 aliphatic heterocycles. The van der Waals surface area contributed by atoms with Crippen molar-refractivity contribution in [3.05, 3.63) is 71.8 Å². The highest BCUT2D eigenvalue weighted by molar-refractivity contribution is 5.68. The largest absolute Gasteiger partial charge is 0.444 e. The number of benzene rings is 2. The molecule has 216 valence electrons. The third-order valence-corrected chi connectivity index (χ3v) is 5.64. The summed E-state index contributed by atoms with van der Waals surface area (Å²) in [5.41, 5.74) is 0.539. The monoisotopic (exact) mass is 543 g/mol. The lowest BCUT2D eigenvalue weighted by atomic mass is 10.00. The van der Waals surface area contributed by atoms with Crippen LogP contribution in [0.15, 0.2) is 60.7 Å². The molecule has 4 atom stereocenters. The van der Waals surface area contributed by atoms with Crippen molar-refractivity contribution in [1.29, 1.82) is 0 Å². The van der Waals surface area contributed by atoms with Crippen molar-refractivity contribution in [2.45, 2.75) is 89.9 Å². The van der Waals surface area contributed by atoms with Gasteiger partial charge in [0.05, 0.1) is 24.3 Å². The van der Waals surface area contributed by atoms with Gasteiger partial charge in [-0.15, -0.1) is 0 Å². The van der Waals surface area contributed by atoms with Crippen molar-refractivity contribution in [3.63, 3.8) is 0 Å². The lowest BCUT2D eigenvalue weighted by Crippen LogP contribution is -2.53. The standard InChI is InChI=1S/C30H45N3O6/c1-29(2,3)38-27(36)32-23(17-21-13-9-7-10-14-21)25(34)19-31-20-26(35)24(18-22-15-11-8-12-16-22)33-28(37)39-30(4,5)6/h7-16,23-26,31,34-35H,17-20H2,1-6H3,(H,32,36)(H,33,37)/t23-,24+,25-,26?/m0/s1. The molecule has 9 nitrogen and oxygen atoms in total. The van der Waals surface area contributed by atoms with E-state index in [1.807, 2.05) is 60.7 Å². The summed E-state index contributed by atoms with van der Waals surface area (Å²) in [5.74, 6) is 0. The number of hydrogen-bond donors (Lipinski definition) is 5. The highest BCUT2D eigenvalue weighted by Crippen LogP contribution is 2.12. The van der Waals surface area contributed by atoms with Crippen LogP contribution in [0.2, 0.25) is 0 Å². The van der Waals surface area contributed by atoms with E-state index in [0.29, 0.717) is 12.8 Å². The van der Waals surface area contributed by atoms with Gasteiger partial charge in [-0.25, -0.2) is 9.59 Å². The Labute approximate surface area is 232 Å². The van der Waals surface area contributed by atoms with E-state index in [1.54, 1.807) is 41.5 Å². The second-order valence-electron chi connectivity index (χ2n) is 11.7. The highest BCUT2D eigenvalue weighted by atomic mass is 16.6. The molecule has 0 heterocycles. The van der Waals surface area contributed by atoms with Gasteiger partial charge in [0.15, 0.2) is 0 Å². The lowest BCUT2D eigenvalue weighted by Gasteiger charge is -2.29. The fraction of sp³-hybridized carbons (Fsp3) is 0.533. The van der Waals surface area contributed by atoms with Gasteiger partial charge in [0, 0.05) is 13.1 Å². The Kier molecular flexibility index (Phi) is 12.2. The number of ether oxygens (including phenoxy) is 2. The molecule has 0 spiro atoms. The molecule has 0 aliphatic carbocycles. The molecule has 39 heavy (non-hydrogen) atoms. The van der Waals surface area contributed by atoms with E-state index in [4.69, 9.17) is 9.47 Å². The molecule has 2 rings (SSSR count). The molecule has 5 N–H and O–H groups in total. The van der Waals surface area contributed by atoms with Crippen LogP contribution in [0.5, 0.6) is 0 Å². The predicted molar refractivity (Wildman–Crippen MR) is 151 cm³/mol. The average Bonchev–Trinajstić information content (AvgIpc) is 2.82. The third-order valence-electron chi connectivity index (χ3n) is 5.64. The Bertz CT molecular complexity index is 923. The minimum absolute atomic E-state index is 0.0921. The molecule has 2 aromatic carbocycles. The first-order valence-electron chi connectivity index (χ1n) is 13.4. The highest BCUT2D eigenvalue weighted by Gasteiger charge is 2.27. The third kappa shape index (κ3) is 13.5. The fourth-order valence-electron chi connectivity index (χ4n) is 3.88. The van der Waals surface area contributed by atoms with Crippen molar-refractivity contribution in [3.8, 4) is 0 Å². The predicted octanol–water partition coefficient (Wildman–Crippen LogP) is 3.57. The van der Waals surface area contributed by atoms with Gasteiger partial charge < -0.3 is 35.6 Å². The summed E-state index contributed by atoms with van der Waals surface area (Å²) >= 11 is 0. The summed E-state index contributed by atoms with van der Waals surface area (Å²) in [6, 6.07) is 17.8. The molecule has 1 unspecified atom stereocenters. The second-order valence-corrected chi connectivity index (χ2v) is 11.7. The maximum Gasteiger partial charge on any atom is 0.407 e.